The third-order valence-corrected chi connectivity index (χ3v) is 4.48. The van der Waals surface area contributed by atoms with Crippen LogP contribution in [0.3, 0.4) is 0 Å². The second-order valence-electron chi connectivity index (χ2n) is 5.23. The van der Waals surface area contributed by atoms with Gasteiger partial charge >= 0.3 is 0 Å². The fraction of sp³-hybridized carbons (Fsp3) is 0.167. The Kier molecular flexibility index (Phi) is 5.35. The molecule has 0 bridgehead atoms. The van der Waals surface area contributed by atoms with E-state index in [1.165, 1.54) is 11.8 Å². The molecule has 0 atom stereocenters. The van der Waals surface area contributed by atoms with E-state index < -0.39 is 0 Å². The summed E-state index contributed by atoms with van der Waals surface area (Å²) in [6, 6.07) is 14.8. The molecular weight excluding hydrogens is 336 g/mol. The normalized spacial score (nSPS) is 10.5. The number of anilines is 1. The molecule has 0 aliphatic carbocycles. The maximum absolute atomic E-state index is 12.5. The lowest BCUT2D eigenvalue weighted by atomic mass is 10.2. The second-order valence-corrected chi connectivity index (χ2v) is 6.27. The van der Waals surface area contributed by atoms with Crippen molar-refractivity contribution < 1.29 is 9.53 Å². The number of carbonyl (C=O) groups is 1. The first-order valence-electron chi connectivity index (χ1n) is 7.82. The first-order valence-corrected chi connectivity index (χ1v) is 8.64. The van der Waals surface area contributed by atoms with E-state index in [2.05, 4.69) is 15.5 Å². The van der Waals surface area contributed by atoms with Crippen LogP contribution >= 0.6 is 11.8 Å². The van der Waals surface area contributed by atoms with Crippen LogP contribution < -0.4 is 10.1 Å². The minimum atomic E-state index is -0.197. The Labute approximate surface area is 150 Å². The van der Waals surface area contributed by atoms with Gasteiger partial charge in [0.1, 0.15) is 12.1 Å². The summed E-state index contributed by atoms with van der Waals surface area (Å²) in [6.07, 6.45) is 1.66. The third-order valence-electron chi connectivity index (χ3n) is 3.42. The summed E-state index contributed by atoms with van der Waals surface area (Å²) in [4.78, 5) is 13.5. The van der Waals surface area contributed by atoms with Gasteiger partial charge in [0, 0.05) is 17.6 Å². The van der Waals surface area contributed by atoms with E-state index in [4.69, 9.17) is 4.74 Å². The molecule has 0 fully saturated rings. The second kappa shape index (κ2) is 7.85. The molecule has 1 amide bonds. The predicted molar refractivity (Wildman–Crippen MR) is 97.1 cm³/mol. The van der Waals surface area contributed by atoms with Crippen molar-refractivity contribution in [3.05, 3.63) is 60.4 Å². The number of benzene rings is 2. The van der Waals surface area contributed by atoms with Crippen LogP contribution in [0.4, 0.5) is 5.69 Å². The molecule has 0 aliphatic heterocycles. The van der Waals surface area contributed by atoms with Gasteiger partial charge in [-0.15, -0.1) is 10.2 Å². The van der Waals surface area contributed by atoms with Crippen LogP contribution in [0.25, 0.3) is 0 Å². The van der Waals surface area contributed by atoms with E-state index in [1.807, 2.05) is 54.9 Å². The Hall–Kier alpha value is -2.80. The van der Waals surface area contributed by atoms with Crippen LogP contribution in [0, 0.1) is 0 Å². The van der Waals surface area contributed by atoms with Gasteiger partial charge in [-0.05, 0) is 55.1 Å². The van der Waals surface area contributed by atoms with Gasteiger partial charge < -0.3 is 14.6 Å². The number of amides is 1. The average molecular weight is 354 g/mol. The molecule has 0 saturated heterocycles. The largest absolute Gasteiger partial charge is 0.493 e. The Morgan fingerprint density at radius 3 is 2.64 bits per heavy atom. The molecule has 1 heterocycles. The molecule has 3 rings (SSSR count). The van der Waals surface area contributed by atoms with Gasteiger partial charge in [-0.2, -0.15) is 0 Å². The quantitative estimate of drug-likeness (QED) is 0.732. The van der Waals surface area contributed by atoms with Crippen molar-refractivity contribution in [2.24, 2.45) is 7.05 Å². The zero-order chi connectivity index (χ0) is 17.6. The molecule has 0 unspecified atom stereocenters. The maximum Gasteiger partial charge on any atom is 0.259 e. The van der Waals surface area contributed by atoms with Gasteiger partial charge in [0.25, 0.3) is 5.91 Å². The van der Waals surface area contributed by atoms with Crippen LogP contribution in [0.15, 0.2) is 64.9 Å². The predicted octanol–water partition coefficient (Wildman–Crippen LogP) is 3.62. The molecule has 7 heteroatoms. The number of rotatable bonds is 6. The van der Waals surface area contributed by atoms with Crippen LogP contribution in [-0.2, 0) is 7.05 Å². The number of hydrogen-bond acceptors (Lipinski definition) is 5. The van der Waals surface area contributed by atoms with Crippen molar-refractivity contribution in [3.63, 3.8) is 0 Å². The lowest BCUT2D eigenvalue weighted by molar-refractivity contribution is 0.102. The fourth-order valence-corrected chi connectivity index (χ4v) is 2.97. The van der Waals surface area contributed by atoms with E-state index in [0.717, 1.165) is 15.7 Å². The third kappa shape index (κ3) is 4.19. The smallest absolute Gasteiger partial charge is 0.259 e. The summed E-state index contributed by atoms with van der Waals surface area (Å²) in [7, 11) is 1.90. The summed E-state index contributed by atoms with van der Waals surface area (Å²) in [5.41, 5.74) is 1.24. The van der Waals surface area contributed by atoms with Gasteiger partial charge in [-0.1, -0.05) is 12.1 Å². The van der Waals surface area contributed by atoms with Crippen molar-refractivity contribution in [1.82, 2.24) is 14.8 Å². The number of nitrogens with zero attached hydrogens (tertiary/aromatic N) is 3. The van der Waals surface area contributed by atoms with Crippen molar-refractivity contribution in [1.29, 1.82) is 0 Å². The summed E-state index contributed by atoms with van der Waals surface area (Å²) in [6.45, 7) is 2.40. The number of carbonyl (C=O) groups excluding carboxylic acids is 1. The van der Waals surface area contributed by atoms with Crippen molar-refractivity contribution in [2.45, 2.75) is 17.0 Å². The Balaban J connectivity index is 1.69. The maximum atomic E-state index is 12.5. The van der Waals surface area contributed by atoms with E-state index in [-0.39, 0.29) is 5.91 Å². The Morgan fingerprint density at radius 2 is 1.96 bits per heavy atom. The van der Waals surface area contributed by atoms with Crippen molar-refractivity contribution in [2.75, 3.05) is 11.9 Å². The minimum absolute atomic E-state index is 0.197. The van der Waals surface area contributed by atoms with Gasteiger partial charge in [-0.25, -0.2) is 0 Å². The summed E-state index contributed by atoms with van der Waals surface area (Å²) in [5, 5.41) is 11.6. The monoisotopic (exact) mass is 354 g/mol. The minimum Gasteiger partial charge on any atom is -0.493 e. The van der Waals surface area contributed by atoms with Crippen LogP contribution in [0.2, 0.25) is 0 Å². The zero-order valence-electron chi connectivity index (χ0n) is 14.0. The highest BCUT2D eigenvalue weighted by Gasteiger charge is 2.12. The molecule has 1 aromatic heterocycles. The highest BCUT2D eigenvalue weighted by atomic mass is 32.2. The molecule has 3 aromatic rings. The summed E-state index contributed by atoms with van der Waals surface area (Å²) in [5.74, 6) is 0.384. The first kappa shape index (κ1) is 17.0. The summed E-state index contributed by atoms with van der Waals surface area (Å²) >= 11 is 1.51. The molecule has 128 valence electrons. The SMILES string of the molecule is CCOc1ccccc1C(=O)Nc1ccc(Sc2nncn2C)cc1. The van der Waals surface area contributed by atoms with E-state index >= 15 is 0 Å². The lowest BCUT2D eigenvalue weighted by Gasteiger charge is -2.10. The van der Waals surface area contributed by atoms with Crippen LogP contribution in [0.5, 0.6) is 5.75 Å². The molecule has 2 aromatic carbocycles. The number of nitrogens with one attached hydrogen (secondary N) is 1. The number of para-hydroxylation sites is 1. The van der Waals surface area contributed by atoms with Crippen LogP contribution in [-0.4, -0.2) is 27.3 Å². The van der Waals surface area contributed by atoms with Crippen molar-refractivity contribution in [3.8, 4) is 5.75 Å². The van der Waals surface area contributed by atoms with E-state index in [9.17, 15) is 4.79 Å². The number of hydrogen-bond donors (Lipinski definition) is 1. The molecule has 0 radical (unpaired) electrons. The van der Waals surface area contributed by atoms with Crippen LogP contribution in [0.1, 0.15) is 17.3 Å². The molecule has 0 aliphatic rings. The topological polar surface area (TPSA) is 69.0 Å². The molecule has 1 N–H and O–H groups in total. The Morgan fingerprint density at radius 1 is 1.20 bits per heavy atom. The lowest BCUT2D eigenvalue weighted by Crippen LogP contribution is -2.13. The Bertz CT molecular complexity index is 862. The number of aryl methyl sites for hydroxylation is 1. The molecule has 6 nitrogen and oxygen atoms in total. The molecular formula is C18H18N4O2S. The van der Waals surface area contributed by atoms with Gasteiger partial charge in [0.15, 0.2) is 5.16 Å². The highest BCUT2D eigenvalue weighted by molar-refractivity contribution is 7.99. The van der Waals surface area contributed by atoms with E-state index in [1.54, 1.807) is 18.5 Å². The van der Waals surface area contributed by atoms with Crippen molar-refractivity contribution >= 4 is 23.4 Å². The number of ether oxygens (including phenoxy) is 1. The van der Waals surface area contributed by atoms with E-state index in [0.29, 0.717) is 17.9 Å². The first-order chi connectivity index (χ1) is 12.2. The van der Waals surface area contributed by atoms with Gasteiger partial charge in [-0.3, -0.25) is 4.79 Å². The van der Waals surface area contributed by atoms with Gasteiger partial charge in [0.05, 0.1) is 12.2 Å². The molecule has 25 heavy (non-hydrogen) atoms. The zero-order valence-corrected chi connectivity index (χ0v) is 14.8. The standard InChI is InChI=1S/C18H18N4O2S/c1-3-24-16-7-5-4-6-15(16)17(23)20-13-8-10-14(11-9-13)25-18-21-19-12-22(18)2/h4-12H,3H2,1-2H3,(H,20,23). The molecule has 0 saturated carbocycles. The highest BCUT2D eigenvalue weighted by Crippen LogP contribution is 2.27. The molecule has 0 spiro atoms. The average Bonchev–Trinajstić information content (AvgIpc) is 3.02. The number of aromatic nitrogens is 3. The summed E-state index contributed by atoms with van der Waals surface area (Å²) < 4.78 is 7.36. The van der Waals surface area contributed by atoms with Gasteiger partial charge in [0.2, 0.25) is 0 Å². The fourth-order valence-electron chi connectivity index (χ4n) is 2.21.